The van der Waals surface area contributed by atoms with Gasteiger partial charge in [0.15, 0.2) is 0 Å². The number of hydrogen-bond donors (Lipinski definition) is 0. The van der Waals surface area contributed by atoms with Gasteiger partial charge in [-0.15, -0.1) is 0 Å². The number of pyridine rings is 1. The molecule has 0 fully saturated rings. The van der Waals surface area contributed by atoms with Gasteiger partial charge in [-0.25, -0.2) is 0 Å². The van der Waals surface area contributed by atoms with E-state index in [9.17, 15) is 0 Å². The fraction of sp³-hybridized carbons (Fsp3) is 0.0909. The predicted molar refractivity (Wildman–Crippen MR) is 51.2 cm³/mol. The Bertz CT molecular complexity index is 495. The normalized spacial score (nSPS) is 9.85. The summed E-state index contributed by atoms with van der Waals surface area (Å²) in [6.45, 7) is 1.98. The molecule has 0 radical (unpaired) electrons. The van der Waals surface area contributed by atoms with Gasteiger partial charge in [-0.1, -0.05) is 0 Å². The van der Waals surface area contributed by atoms with Crippen molar-refractivity contribution in [3.8, 4) is 6.07 Å². The van der Waals surface area contributed by atoms with Gasteiger partial charge in [0.05, 0.1) is 11.6 Å². The van der Waals surface area contributed by atoms with Crippen molar-refractivity contribution < 1.29 is 0 Å². The molecule has 62 valence electrons. The molecule has 2 nitrogen and oxygen atoms in total. The fourth-order valence-corrected chi connectivity index (χ4v) is 1.45. The average Bonchev–Trinajstić information content (AvgIpc) is 2.16. The van der Waals surface area contributed by atoms with E-state index < -0.39 is 0 Å². The van der Waals surface area contributed by atoms with Crippen molar-refractivity contribution in [2.75, 3.05) is 0 Å². The first-order valence-corrected chi connectivity index (χ1v) is 4.06. The van der Waals surface area contributed by atoms with E-state index in [1.54, 1.807) is 12.4 Å². The van der Waals surface area contributed by atoms with Crippen LogP contribution in [0.25, 0.3) is 10.8 Å². The number of rotatable bonds is 0. The van der Waals surface area contributed by atoms with Crippen molar-refractivity contribution in [2.24, 2.45) is 0 Å². The topological polar surface area (TPSA) is 36.7 Å². The summed E-state index contributed by atoms with van der Waals surface area (Å²) in [5.41, 5.74) is 1.81. The smallest absolute Gasteiger partial charge is 0.0998 e. The molecule has 1 heterocycles. The lowest BCUT2D eigenvalue weighted by Gasteiger charge is -2.00. The van der Waals surface area contributed by atoms with Crippen LogP contribution in [0.1, 0.15) is 11.1 Å². The van der Waals surface area contributed by atoms with Crippen molar-refractivity contribution in [2.45, 2.75) is 6.92 Å². The molecule has 13 heavy (non-hydrogen) atoms. The lowest BCUT2D eigenvalue weighted by atomic mass is 10.0. The molecule has 0 spiro atoms. The van der Waals surface area contributed by atoms with Crippen molar-refractivity contribution >= 4 is 10.8 Å². The Morgan fingerprint density at radius 2 is 2.23 bits per heavy atom. The number of aryl methyl sites for hydroxylation is 1. The number of nitrogens with zero attached hydrogens (tertiary/aromatic N) is 2. The van der Waals surface area contributed by atoms with Gasteiger partial charge in [0.25, 0.3) is 0 Å². The van der Waals surface area contributed by atoms with Crippen LogP contribution in [0.4, 0.5) is 0 Å². The van der Waals surface area contributed by atoms with E-state index in [1.165, 1.54) is 0 Å². The molecule has 2 rings (SSSR count). The van der Waals surface area contributed by atoms with Crippen LogP contribution in [0.3, 0.4) is 0 Å². The molecule has 0 unspecified atom stereocenters. The van der Waals surface area contributed by atoms with Crippen LogP contribution in [-0.4, -0.2) is 4.98 Å². The summed E-state index contributed by atoms with van der Waals surface area (Å²) in [4.78, 5) is 4.02. The molecule has 0 aliphatic carbocycles. The van der Waals surface area contributed by atoms with Crippen LogP contribution in [0, 0.1) is 18.3 Å². The molecule has 0 bridgehead atoms. The highest BCUT2D eigenvalue weighted by Gasteiger charge is 2.00. The summed E-state index contributed by atoms with van der Waals surface area (Å²) < 4.78 is 0. The molecule has 0 N–H and O–H groups in total. The standard InChI is InChI=1S/C11H8N2/c1-8-4-9(6-12)11-2-3-13-7-10(11)5-8/h2-5,7H,1H3. The third kappa shape index (κ3) is 1.25. The third-order valence-corrected chi connectivity index (χ3v) is 2.02. The van der Waals surface area contributed by atoms with Crippen LogP contribution in [0.2, 0.25) is 0 Å². The Hall–Kier alpha value is -1.88. The number of aromatic nitrogens is 1. The van der Waals surface area contributed by atoms with Crippen LogP contribution < -0.4 is 0 Å². The first kappa shape index (κ1) is 7.75. The Morgan fingerprint density at radius 1 is 1.38 bits per heavy atom. The fourth-order valence-electron chi connectivity index (χ4n) is 1.45. The second kappa shape index (κ2) is 2.87. The van der Waals surface area contributed by atoms with Gasteiger partial charge < -0.3 is 0 Å². The molecule has 1 aromatic carbocycles. The number of fused-ring (bicyclic) bond motifs is 1. The predicted octanol–water partition coefficient (Wildman–Crippen LogP) is 2.41. The zero-order valence-corrected chi connectivity index (χ0v) is 7.28. The van der Waals surface area contributed by atoms with Gasteiger partial charge in [-0.05, 0) is 30.7 Å². The summed E-state index contributed by atoms with van der Waals surface area (Å²) >= 11 is 0. The molecule has 1 aromatic heterocycles. The Balaban J connectivity index is 2.91. The van der Waals surface area contributed by atoms with Gasteiger partial charge in [-0.3, -0.25) is 4.98 Å². The maximum Gasteiger partial charge on any atom is 0.0998 e. The highest BCUT2D eigenvalue weighted by atomic mass is 14.6. The van der Waals surface area contributed by atoms with Crippen LogP contribution >= 0.6 is 0 Å². The molecule has 0 aliphatic heterocycles. The summed E-state index contributed by atoms with van der Waals surface area (Å²) in [5.74, 6) is 0. The Morgan fingerprint density at radius 3 is 3.00 bits per heavy atom. The molecule has 2 aromatic rings. The zero-order chi connectivity index (χ0) is 9.26. The lowest BCUT2D eigenvalue weighted by Crippen LogP contribution is -1.83. The highest BCUT2D eigenvalue weighted by Crippen LogP contribution is 2.18. The molecular weight excluding hydrogens is 160 g/mol. The third-order valence-electron chi connectivity index (χ3n) is 2.02. The highest BCUT2D eigenvalue weighted by molar-refractivity contribution is 5.87. The minimum atomic E-state index is 0.720. The largest absolute Gasteiger partial charge is 0.264 e. The number of nitriles is 1. The van der Waals surface area contributed by atoms with E-state index in [0.717, 1.165) is 21.9 Å². The number of benzene rings is 1. The Kier molecular flexibility index (Phi) is 1.71. The first-order chi connectivity index (χ1) is 6.31. The van der Waals surface area contributed by atoms with Crippen LogP contribution in [0.15, 0.2) is 30.6 Å². The van der Waals surface area contributed by atoms with Crippen molar-refractivity contribution in [3.63, 3.8) is 0 Å². The molecule has 0 saturated heterocycles. The monoisotopic (exact) mass is 168 g/mol. The maximum absolute atomic E-state index is 8.89. The summed E-state index contributed by atoms with van der Waals surface area (Å²) in [6, 6.07) is 7.97. The second-order valence-corrected chi connectivity index (χ2v) is 3.02. The van der Waals surface area contributed by atoms with Gasteiger partial charge in [-0.2, -0.15) is 5.26 Å². The quantitative estimate of drug-likeness (QED) is 0.605. The zero-order valence-electron chi connectivity index (χ0n) is 7.28. The van der Waals surface area contributed by atoms with E-state index in [4.69, 9.17) is 5.26 Å². The minimum Gasteiger partial charge on any atom is -0.264 e. The maximum atomic E-state index is 8.89. The number of hydrogen-bond acceptors (Lipinski definition) is 2. The SMILES string of the molecule is Cc1cc(C#N)c2ccncc2c1. The molecule has 0 saturated carbocycles. The lowest BCUT2D eigenvalue weighted by molar-refractivity contribution is 1.35. The molecule has 0 aliphatic rings. The second-order valence-electron chi connectivity index (χ2n) is 3.02. The van der Waals surface area contributed by atoms with Crippen molar-refractivity contribution in [3.05, 3.63) is 41.7 Å². The summed E-state index contributed by atoms with van der Waals surface area (Å²) in [6.07, 6.45) is 3.49. The average molecular weight is 168 g/mol. The van der Waals surface area contributed by atoms with Gasteiger partial charge in [0.2, 0.25) is 0 Å². The first-order valence-electron chi connectivity index (χ1n) is 4.06. The molecular formula is C11H8N2. The van der Waals surface area contributed by atoms with Crippen LogP contribution in [0.5, 0.6) is 0 Å². The molecule has 0 amide bonds. The minimum absolute atomic E-state index is 0.720. The van der Waals surface area contributed by atoms with E-state index >= 15 is 0 Å². The van der Waals surface area contributed by atoms with Crippen LogP contribution in [-0.2, 0) is 0 Å². The van der Waals surface area contributed by atoms with Crippen molar-refractivity contribution in [1.82, 2.24) is 4.98 Å². The van der Waals surface area contributed by atoms with E-state index in [2.05, 4.69) is 11.1 Å². The van der Waals surface area contributed by atoms with E-state index in [0.29, 0.717) is 0 Å². The van der Waals surface area contributed by atoms with Crippen molar-refractivity contribution in [1.29, 1.82) is 5.26 Å². The Labute approximate surface area is 76.5 Å². The van der Waals surface area contributed by atoms with Gasteiger partial charge in [0, 0.05) is 23.2 Å². The van der Waals surface area contributed by atoms with Gasteiger partial charge >= 0.3 is 0 Å². The summed E-state index contributed by atoms with van der Waals surface area (Å²) in [7, 11) is 0. The summed E-state index contributed by atoms with van der Waals surface area (Å²) in [5, 5.41) is 10.9. The molecule has 2 heteroatoms. The van der Waals surface area contributed by atoms with Gasteiger partial charge in [0.1, 0.15) is 0 Å². The van der Waals surface area contributed by atoms with E-state index in [-0.39, 0.29) is 0 Å². The van der Waals surface area contributed by atoms with E-state index in [1.807, 2.05) is 25.1 Å². The molecule has 0 atom stereocenters.